The Hall–Kier alpha value is -3.08. The first-order chi connectivity index (χ1) is 14.7. The monoisotopic (exact) mass is 418 g/mol. The van der Waals surface area contributed by atoms with Gasteiger partial charge in [-0.05, 0) is 43.2 Å². The lowest BCUT2D eigenvalue weighted by Crippen LogP contribution is -2.55. The van der Waals surface area contributed by atoms with Crippen LogP contribution in [0.5, 0.6) is 5.75 Å². The van der Waals surface area contributed by atoms with Gasteiger partial charge in [-0.3, -0.25) is 0 Å². The van der Waals surface area contributed by atoms with E-state index < -0.39 is 11.3 Å². The minimum absolute atomic E-state index is 0.295. The molecule has 3 aliphatic heterocycles. The van der Waals surface area contributed by atoms with Gasteiger partial charge < -0.3 is 15.2 Å². The molecule has 0 amide bonds. The first-order valence-corrected chi connectivity index (χ1v) is 10.5. The van der Waals surface area contributed by atoms with Gasteiger partial charge in [-0.1, -0.05) is 24.3 Å². The SMILES string of the molecule is [C-]#[N+]c1cccc(-c2ccc3c(c2)C2(CC4(CCOC(C)(C)C4)O3)N=C(N)N(C)O2)c1. The summed E-state index contributed by atoms with van der Waals surface area (Å²) in [6.07, 6.45) is 2.05. The highest BCUT2D eigenvalue weighted by Gasteiger charge is 2.57. The molecule has 2 N–H and O–H groups in total. The van der Waals surface area contributed by atoms with E-state index in [9.17, 15) is 0 Å². The molecular weight excluding hydrogens is 392 g/mol. The molecule has 160 valence electrons. The maximum Gasteiger partial charge on any atom is 0.222 e. The summed E-state index contributed by atoms with van der Waals surface area (Å²) in [6, 6.07) is 13.6. The summed E-state index contributed by atoms with van der Waals surface area (Å²) < 4.78 is 12.6. The average molecular weight is 418 g/mol. The summed E-state index contributed by atoms with van der Waals surface area (Å²) in [5, 5.41) is 1.53. The normalized spacial score (nSPS) is 28.7. The Bertz CT molecular complexity index is 1120. The number of hydrogen-bond donors (Lipinski definition) is 1. The Balaban J connectivity index is 1.63. The highest BCUT2D eigenvalue weighted by molar-refractivity contribution is 5.79. The summed E-state index contributed by atoms with van der Waals surface area (Å²) >= 11 is 0. The summed E-state index contributed by atoms with van der Waals surface area (Å²) in [6.45, 7) is 12.1. The number of hydroxylamine groups is 2. The fourth-order valence-corrected chi connectivity index (χ4v) is 5.06. The summed E-state index contributed by atoms with van der Waals surface area (Å²) in [4.78, 5) is 14.6. The number of hydrogen-bond acceptors (Lipinski definition) is 6. The van der Waals surface area contributed by atoms with Crippen LogP contribution in [0.1, 0.15) is 38.7 Å². The van der Waals surface area contributed by atoms with E-state index in [1.807, 2.05) is 36.4 Å². The second kappa shape index (κ2) is 6.71. The number of guanidine groups is 1. The maximum atomic E-state index is 7.31. The van der Waals surface area contributed by atoms with Crippen LogP contribution in [0, 0.1) is 6.57 Å². The van der Waals surface area contributed by atoms with Gasteiger partial charge in [-0.25, -0.2) is 19.7 Å². The van der Waals surface area contributed by atoms with Crippen LogP contribution < -0.4 is 10.5 Å². The second-order valence-electron chi connectivity index (χ2n) is 9.21. The van der Waals surface area contributed by atoms with Crippen molar-refractivity contribution in [2.45, 2.75) is 50.0 Å². The van der Waals surface area contributed by atoms with Crippen molar-refractivity contribution in [2.75, 3.05) is 13.7 Å². The average Bonchev–Trinajstić information content (AvgIpc) is 3.00. The molecule has 3 heterocycles. The highest BCUT2D eigenvalue weighted by Crippen LogP contribution is 2.54. The van der Waals surface area contributed by atoms with Crippen molar-refractivity contribution in [3.63, 3.8) is 0 Å². The molecule has 5 rings (SSSR count). The quantitative estimate of drug-likeness (QED) is 0.697. The fourth-order valence-electron chi connectivity index (χ4n) is 5.06. The van der Waals surface area contributed by atoms with Crippen molar-refractivity contribution >= 4 is 11.6 Å². The standard InChI is InChI=1S/C24H26N4O3/c1-22(2)14-23(10-11-29-22)15-24(27-21(25)28(4)31-24)19-13-17(8-9-20(19)30-23)16-6-5-7-18(12-16)26-3/h5-9,12-13H,10-11,14-15H2,1-2,4H3,(H2,25,27). The molecule has 31 heavy (non-hydrogen) atoms. The number of rotatable bonds is 1. The molecule has 1 saturated heterocycles. The van der Waals surface area contributed by atoms with Crippen LogP contribution in [0.2, 0.25) is 0 Å². The number of aliphatic imine (C=N–C) groups is 1. The van der Waals surface area contributed by atoms with Crippen LogP contribution in [0.3, 0.4) is 0 Å². The third-order valence-corrected chi connectivity index (χ3v) is 6.30. The molecule has 2 aromatic rings. The lowest BCUT2D eigenvalue weighted by Gasteiger charge is -2.50. The molecule has 2 spiro atoms. The number of nitrogens with two attached hydrogens (primary N) is 1. The molecule has 7 heteroatoms. The van der Waals surface area contributed by atoms with E-state index in [1.54, 1.807) is 13.1 Å². The Morgan fingerprint density at radius 2 is 1.94 bits per heavy atom. The summed E-state index contributed by atoms with van der Waals surface area (Å²) in [7, 11) is 1.77. The molecule has 0 aliphatic carbocycles. The van der Waals surface area contributed by atoms with Crippen LogP contribution in [-0.4, -0.2) is 35.9 Å². The van der Waals surface area contributed by atoms with Gasteiger partial charge in [0.05, 0.1) is 24.3 Å². The number of ether oxygens (including phenoxy) is 2. The van der Waals surface area contributed by atoms with E-state index in [-0.39, 0.29) is 5.60 Å². The molecule has 2 aromatic carbocycles. The lowest BCUT2D eigenvalue weighted by atomic mass is 9.75. The zero-order chi connectivity index (χ0) is 21.9. The third-order valence-electron chi connectivity index (χ3n) is 6.30. The number of nitrogens with zero attached hydrogens (tertiary/aromatic N) is 3. The predicted octanol–water partition coefficient (Wildman–Crippen LogP) is 4.36. The Morgan fingerprint density at radius 1 is 1.13 bits per heavy atom. The summed E-state index contributed by atoms with van der Waals surface area (Å²) in [5.74, 6) is 1.09. The molecule has 0 saturated carbocycles. The first kappa shape index (κ1) is 19.9. The van der Waals surface area contributed by atoms with Gasteiger partial charge in [0.1, 0.15) is 11.4 Å². The van der Waals surface area contributed by atoms with Crippen LogP contribution >= 0.6 is 0 Å². The molecule has 1 fully saturated rings. The topological polar surface area (TPSA) is 73.7 Å². The van der Waals surface area contributed by atoms with E-state index >= 15 is 0 Å². The lowest BCUT2D eigenvalue weighted by molar-refractivity contribution is -0.224. The zero-order valence-electron chi connectivity index (χ0n) is 18.0. The summed E-state index contributed by atoms with van der Waals surface area (Å²) in [5.41, 5.74) is 7.84. The maximum absolute atomic E-state index is 7.31. The van der Waals surface area contributed by atoms with E-state index in [0.29, 0.717) is 24.7 Å². The largest absolute Gasteiger partial charge is 0.486 e. The highest BCUT2D eigenvalue weighted by atomic mass is 16.7. The van der Waals surface area contributed by atoms with E-state index in [4.69, 9.17) is 31.6 Å². The number of benzene rings is 2. The van der Waals surface area contributed by atoms with Crippen molar-refractivity contribution in [1.82, 2.24) is 5.06 Å². The van der Waals surface area contributed by atoms with Crippen LogP contribution in [0.25, 0.3) is 16.0 Å². The predicted molar refractivity (Wildman–Crippen MR) is 118 cm³/mol. The van der Waals surface area contributed by atoms with Gasteiger partial charge in [0.2, 0.25) is 11.7 Å². The van der Waals surface area contributed by atoms with Gasteiger partial charge in [0, 0.05) is 26.3 Å². The van der Waals surface area contributed by atoms with Crippen LogP contribution in [-0.2, 0) is 15.3 Å². The smallest absolute Gasteiger partial charge is 0.222 e. The van der Waals surface area contributed by atoms with Crippen molar-refractivity contribution in [1.29, 1.82) is 0 Å². The van der Waals surface area contributed by atoms with E-state index in [1.165, 1.54) is 5.06 Å². The van der Waals surface area contributed by atoms with Crippen molar-refractivity contribution in [2.24, 2.45) is 10.7 Å². The Kier molecular flexibility index (Phi) is 4.30. The van der Waals surface area contributed by atoms with E-state index in [2.05, 4.69) is 18.7 Å². The number of fused-ring (bicyclic) bond motifs is 2. The van der Waals surface area contributed by atoms with Crippen molar-refractivity contribution in [3.8, 4) is 16.9 Å². The molecule has 2 atom stereocenters. The molecule has 0 aromatic heterocycles. The Morgan fingerprint density at radius 3 is 2.65 bits per heavy atom. The first-order valence-electron chi connectivity index (χ1n) is 10.5. The molecule has 7 nitrogen and oxygen atoms in total. The van der Waals surface area contributed by atoms with E-state index in [0.717, 1.165) is 35.3 Å². The zero-order valence-corrected chi connectivity index (χ0v) is 18.0. The van der Waals surface area contributed by atoms with Gasteiger partial charge in [-0.2, -0.15) is 0 Å². The molecule has 3 aliphatic rings. The van der Waals surface area contributed by atoms with Gasteiger partial charge in [0.15, 0.2) is 5.69 Å². The van der Waals surface area contributed by atoms with Gasteiger partial charge in [-0.15, -0.1) is 0 Å². The minimum atomic E-state index is -0.951. The van der Waals surface area contributed by atoms with Crippen LogP contribution in [0.15, 0.2) is 47.5 Å². The third kappa shape index (κ3) is 3.32. The molecule has 0 bridgehead atoms. The van der Waals surface area contributed by atoms with Gasteiger partial charge in [0.25, 0.3) is 0 Å². The molecule has 0 radical (unpaired) electrons. The van der Waals surface area contributed by atoms with Crippen molar-refractivity contribution < 1.29 is 14.3 Å². The molecule has 2 unspecified atom stereocenters. The minimum Gasteiger partial charge on any atom is -0.486 e. The van der Waals surface area contributed by atoms with Crippen molar-refractivity contribution in [3.05, 3.63) is 59.4 Å². The fraction of sp³-hybridized carbons (Fsp3) is 0.417. The molecular formula is C24H26N4O3. The second-order valence-corrected chi connectivity index (χ2v) is 9.21. The Labute approximate surface area is 182 Å². The van der Waals surface area contributed by atoms with Crippen LogP contribution in [0.4, 0.5) is 5.69 Å². The van der Waals surface area contributed by atoms with Gasteiger partial charge >= 0.3 is 0 Å².